The molecule has 1 heterocycles. The van der Waals surface area contributed by atoms with Crippen molar-refractivity contribution in [3.63, 3.8) is 0 Å². The fourth-order valence-electron chi connectivity index (χ4n) is 1.03. The third-order valence-electron chi connectivity index (χ3n) is 1.75. The van der Waals surface area contributed by atoms with Crippen LogP contribution in [0.5, 0.6) is 0 Å². The number of hydrogen-bond donors (Lipinski definition) is 0. The summed E-state index contributed by atoms with van der Waals surface area (Å²) >= 11 is 5.02. The summed E-state index contributed by atoms with van der Waals surface area (Å²) in [5.41, 5.74) is 0.0995. The molecule has 1 fully saturated rings. The van der Waals surface area contributed by atoms with Gasteiger partial charge in [0, 0.05) is 5.56 Å². The van der Waals surface area contributed by atoms with Gasteiger partial charge in [0.25, 0.3) is 0 Å². The van der Waals surface area contributed by atoms with Crippen molar-refractivity contribution < 1.29 is 13.5 Å². The average molecular weight is 191 g/mol. The van der Waals surface area contributed by atoms with Gasteiger partial charge in [-0.1, -0.05) is 30.3 Å². The zero-order valence-electron chi connectivity index (χ0n) is 5.93. The predicted molar refractivity (Wildman–Crippen MR) is 40.0 cm³/mol. The second-order valence-corrected chi connectivity index (χ2v) is 3.07. The number of benzene rings is 1. The quantitative estimate of drug-likeness (QED) is 0.490. The molecule has 0 radical (unpaired) electrons. The Labute approximate surface area is 72.9 Å². The van der Waals surface area contributed by atoms with Crippen LogP contribution in [0.3, 0.4) is 0 Å². The molecule has 2 rings (SSSR count). The van der Waals surface area contributed by atoms with Crippen LogP contribution < -0.4 is 0 Å². The lowest BCUT2D eigenvalue weighted by molar-refractivity contribution is 0.139. The lowest BCUT2D eigenvalue weighted by atomic mass is 10.1. The Bertz CT molecular complexity index is 301. The second kappa shape index (κ2) is 2.18. The van der Waals surface area contributed by atoms with Crippen molar-refractivity contribution in [1.82, 2.24) is 0 Å². The number of ether oxygens (including phenoxy) is 1. The number of hydrogen-bond acceptors (Lipinski definition) is 1. The van der Waals surface area contributed by atoms with Gasteiger partial charge in [0.2, 0.25) is 0 Å². The van der Waals surface area contributed by atoms with Crippen LogP contribution in [0, 0.1) is 0 Å². The van der Waals surface area contributed by atoms with E-state index in [0.717, 1.165) is 0 Å². The number of epoxide rings is 1. The topological polar surface area (TPSA) is 12.5 Å². The maximum atomic E-state index is 13.3. The Morgan fingerprint density at radius 1 is 1.17 bits per heavy atom. The van der Waals surface area contributed by atoms with Crippen LogP contribution in [0.25, 0.3) is 0 Å². The third-order valence-corrected chi connectivity index (χ3v) is 2.07. The lowest BCUT2D eigenvalue weighted by Gasteiger charge is -2.00. The molecular formula is C8H5ClF2O. The van der Waals surface area contributed by atoms with E-state index in [1.807, 2.05) is 0 Å². The fourth-order valence-corrected chi connectivity index (χ4v) is 1.25. The first-order chi connectivity index (χ1) is 5.56. The summed E-state index contributed by atoms with van der Waals surface area (Å²) in [6, 6.07) is 7.72. The molecule has 12 heavy (non-hydrogen) atoms. The highest BCUT2D eigenvalue weighted by molar-refractivity contribution is 6.24. The normalized spacial score (nSPS) is 39.6. The van der Waals surface area contributed by atoms with E-state index in [1.165, 1.54) is 12.1 Å². The average Bonchev–Trinajstić information content (AvgIpc) is 2.55. The zero-order valence-corrected chi connectivity index (χ0v) is 6.68. The van der Waals surface area contributed by atoms with E-state index in [2.05, 4.69) is 4.74 Å². The van der Waals surface area contributed by atoms with Gasteiger partial charge in [-0.25, -0.2) is 0 Å². The summed E-state index contributed by atoms with van der Waals surface area (Å²) < 4.78 is 30.1. The number of alkyl halides is 3. The molecule has 1 aliphatic heterocycles. The van der Waals surface area contributed by atoms with Crippen molar-refractivity contribution >= 4 is 11.6 Å². The summed E-state index contributed by atoms with van der Waals surface area (Å²) in [6.07, 6.45) is 0. The maximum absolute atomic E-state index is 13.3. The molecule has 4 heteroatoms. The SMILES string of the molecule is FC1(Cl)OC1(F)c1ccccc1. The largest absolute Gasteiger partial charge is 0.353 e. The van der Waals surface area contributed by atoms with Gasteiger partial charge < -0.3 is 0 Å². The summed E-state index contributed by atoms with van der Waals surface area (Å²) in [5, 5.41) is -2.69. The van der Waals surface area contributed by atoms with Crippen LogP contribution in [0.1, 0.15) is 5.56 Å². The molecule has 0 spiro atoms. The van der Waals surface area contributed by atoms with E-state index >= 15 is 0 Å². The first-order valence-electron chi connectivity index (χ1n) is 3.39. The minimum absolute atomic E-state index is 0.0995. The van der Waals surface area contributed by atoms with Crippen LogP contribution in [0.2, 0.25) is 0 Å². The molecule has 0 aromatic heterocycles. The molecule has 2 unspecified atom stereocenters. The minimum Gasteiger partial charge on any atom is -0.281 e. The van der Waals surface area contributed by atoms with Crippen molar-refractivity contribution in [2.45, 2.75) is 11.2 Å². The predicted octanol–water partition coefficient (Wildman–Crippen LogP) is 2.70. The van der Waals surface area contributed by atoms with E-state index in [9.17, 15) is 8.78 Å². The maximum Gasteiger partial charge on any atom is 0.353 e. The molecule has 0 N–H and O–H groups in total. The smallest absolute Gasteiger partial charge is 0.281 e. The van der Waals surface area contributed by atoms with Crippen LogP contribution in [-0.4, -0.2) is 5.31 Å². The number of halogens is 3. The first kappa shape index (κ1) is 7.95. The minimum atomic E-state index is -2.69. The van der Waals surface area contributed by atoms with E-state index in [-0.39, 0.29) is 5.56 Å². The first-order valence-corrected chi connectivity index (χ1v) is 3.76. The lowest BCUT2D eigenvalue weighted by Crippen LogP contribution is -2.08. The zero-order chi connectivity index (χ0) is 8.82. The van der Waals surface area contributed by atoms with Crippen molar-refractivity contribution in [3.8, 4) is 0 Å². The monoisotopic (exact) mass is 190 g/mol. The van der Waals surface area contributed by atoms with E-state index < -0.39 is 11.2 Å². The second-order valence-electron chi connectivity index (χ2n) is 2.58. The Balaban J connectivity index is 2.35. The highest BCUT2D eigenvalue weighted by atomic mass is 35.5. The van der Waals surface area contributed by atoms with E-state index in [0.29, 0.717) is 0 Å². The van der Waals surface area contributed by atoms with Gasteiger partial charge in [0.15, 0.2) is 0 Å². The molecule has 64 valence electrons. The molecule has 0 aliphatic carbocycles. The summed E-state index contributed by atoms with van der Waals surface area (Å²) in [4.78, 5) is 0. The van der Waals surface area contributed by atoms with Gasteiger partial charge in [-0.15, -0.1) is 0 Å². The van der Waals surface area contributed by atoms with Gasteiger partial charge in [0.05, 0.1) is 0 Å². The van der Waals surface area contributed by atoms with Crippen LogP contribution in [0.4, 0.5) is 8.78 Å². The van der Waals surface area contributed by atoms with Crippen LogP contribution in [-0.2, 0) is 10.6 Å². The van der Waals surface area contributed by atoms with Crippen molar-refractivity contribution in [2.75, 3.05) is 0 Å². The molecule has 1 saturated heterocycles. The molecule has 0 amide bonds. The fraction of sp³-hybridized carbons (Fsp3) is 0.250. The molecule has 1 aliphatic rings. The van der Waals surface area contributed by atoms with Crippen molar-refractivity contribution in [1.29, 1.82) is 0 Å². The summed E-state index contributed by atoms with van der Waals surface area (Å²) in [5.74, 6) is -2.46. The molecule has 1 nitrogen and oxygen atoms in total. The van der Waals surface area contributed by atoms with Crippen molar-refractivity contribution in [3.05, 3.63) is 35.9 Å². The highest BCUT2D eigenvalue weighted by Gasteiger charge is 2.75. The Kier molecular flexibility index (Phi) is 1.44. The van der Waals surface area contributed by atoms with E-state index in [1.54, 1.807) is 18.2 Å². The summed E-state index contributed by atoms with van der Waals surface area (Å²) in [6.45, 7) is 0. The molecule has 0 bridgehead atoms. The Morgan fingerprint density at radius 3 is 2.08 bits per heavy atom. The van der Waals surface area contributed by atoms with Gasteiger partial charge in [0.1, 0.15) is 0 Å². The molecule has 1 aromatic carbocycles. The standard InChI is InChI=1S/C8H5ClF2O/c9-8(11)7(10,12-8)6-4-2-1-3-5-6/h1-5H. The number of rotatable bonds is 1. The third kappa shape index (κ3) is 0.934. The van der Waals surface area contributed by atoms with Crippen LogP contribution in [0.15, 0.2) is 30.3 Å². The van der Waals surface area contributed by atoms with E-state index in [4.69, 9.17) is 11.6 Å². The molecule has 0 saturated carbocycles. The van der Waals surface area contributed by atoms with Gasteiger partial charge in [-0.2, -0.15) is 8.78 Å². The highest BCUT2D eigenvalue weighted by Crippen LogP contribution is 2.60. The molecule has 1 aromatic rings. The summed E-state index contributed by atoms with van der Waals surface area (Å²) in [7, 11) is 0. The van der Waals surface area contributed by atoms with Gasteiger partial charge >= 0.3 is 11.2 Å². The Hall–Kier alpha value is -0.670. The van der Waals surface area contributed by atoms with Gasteiger partial charge in [-0.05, 0) is 11.6 Å². The molecular weight excluding hydrogens is 186 g/mol. The van der Waals surface area contributed by atoms with Gasteiger partial charge in [-0.3, -0.25) is 4.74 Å². The Morgan fingerprint density at radius 2 is 1.67 bits per heavy atom. The van der Waals surface area contributed by atoms with Crippen LogP contribution >= 0.6 is 11.6 Å². The molecule has 2 atom stereocenters. The van der Waals surface area contributed by atoms with Crippen molar-refractivity contribution in [2.24, 2.45) is 0 Å².